The van der Waals surface area contributed by atoms with Gasteiger partial charge in [0.05, 0.1) is 26.0 Å². The minimum Gasteiger partial charge on any atom is -0.492 e. The van der Waals surface area contributed by atoms with Crippen LogP contribution in [-0.4, -0.2) is 38.8 Å². The third-order valence-corrected chi connectivity index (χ3v) is 2.92. The molecule has 0 spiro atoms. The van der Waals surface area contributed by atoms with Gasteiger partial charge in [0.1, 0.15) is 5.82 Å². The third kappa shape index (κ3) is 3.64. The number of nitrogens with one attached hydrogen (secondary N) is 2. The fourth-order valence-corrected chi connectivity index (χ4v) is 2.04. The second-order valence-corrected chi connectivity index (χ2v) is 4.45. The molecule has 2 rings (SSSR count). The van der Waals surface area contributed by atoms with Crippen molar-refractivity contribution in [2.45, 2.75) is 12.5 Å². The SMILES string of the molecule is COc1c(F)cc(F)cc1NC(=O)CC1COCCN1. The molecule has 1 amide bonds. The number of rotatable bonds is 4. The summed E-state index contributed by atoms with van der Waals surface area (Å²) in [5.74, 6) is -2.19. The molecule has 7 heteroatoms. The number of ether oxygens (including phenoxy) is 2. The summed E-state index contributed by atoms with van der Waals surface area (Å²) in [4.78, 5) is 11.9. The van der Waals surface area contributed by atoms with Crippen molar-refractivity contribution >= 4 is 11.6 Å². The summed E-state index contributed by atoms with van der Waals surface area (Å²) in [5, 5.41) is 5.57. The van der Waals surface area contributed by atoms with Gasteiger partial charge in [0, 0.05) is 31.1 Å². The molecule has 1 aromatic rings. The highest BCUT2D eigenvalue weighted by atomic mass is 19.1. The van der Waals surface area contributed by atoms with Crippen molar-refractivity contribution in [1.29, 1.82) is 0 Å². The van der Waals surface area contributed by atoms with Gasteiger partial charge in [0.25, 0.3) is 0 Å². The maximum atomic E-state index is 13.5. The molecule has 1 fully saturated rings. The van der Waals surface area contributed by atoms with Crippen molar-refractivity contribution < 1.29 is 23.0 Å². The van der Waals surface area contributed by atoms with Crippen molar-refractivity contribution in [3.63, 3.8) is 0 Å². The van der Waals surface area contributed by atoms with Gasteiger partial charge in [0.2, 0.25) is 5.91 Å². The molecule has 1 aliphatic heterocycles. The van der Waals surface area contributed by atoms with Gasteiger partial charge >= 0.3 is 0 Å². The first-order valence-electron chi connectivity index (χ1n) is 6.24. The lowest BCUT2D eigenvalue weighted by Gasteiger charge is -2.23. The zero-order valence-corrected chi connectivity index (χ0v) is 11.0. The molecule has 5 nitrogen and oxygen atoms in total. The van der Waals surface area contributed by atoms with E-state index < -0.39 is 11.6 Å². The molecule has 0 bridgehead atoms. The number of methoxy groups -OCH3 is 1. The van der Waals surface area contributed by atoms with Crippen LogP contribution in [0.25, 0.3) is 0 Å². The van der Waals surface area contributed by atoms with Crippen molar-refractivity contribution in [2.75, 3.05) is 32.2 Å². The molecule has 2 N–H and O–H groups in total. The Balaban J connectivity index is 2.03. The van der Waals surface area contributed by atoms with Gasteiger partial charge in [0.15, 0.2) is 11.6 Å². The highest BCUT2D eigenvalue weighted by Gasteiger charge is 2.19. The van der Waals surface area contributed by atoms with E-state index in [0.717, 1.165) is 6.07 Å². The number of carbonyl (C=O) groups excluding carboxylic acids is 1. The van der Waals surface area contributed by atoms with E-state index in [-0.39, 0.29) is 29.8 Å². The number of morpholine rings is 1. The highest BCUT2D eigenvalue weighted by Crippen LogP contribution is 2.29. The predicted molar refractivity (Wildman–Crippen MR) is 68.8 cm³/mol. The molecule has 1 saturated heterocycles. The van der Waals surface area contributed by atoms with Gasteiger partial charge in [-0.25, -0.2) is 8.78 Å². The number of hydrogen-bond acceptors (Lipinski definition) is 4. The fraction of sp³-hybridized carbons (Fsp3) is 0.462. The molecule has 1 aromatic carbocycles. The molecule has 1 atom stereocenters. The molecule has 1 heterocycles. The molecule has 1 aliphatic rings. The summed E-state index contributed by atoms with van der Waals surface area (Å²) in [5.41, 5.74) is -0.0215. The third-order valence-electron chi connectivity index (χ3n) is 2.92. The summed E-state index contributed by atoms with van der Waals surface area (Å²) in [6.07, 6.45) is 0.154. The molecule has 0 saturated carbocycles. The van der Waals surface area contributed by atoms with Crippen LogP contribution in [0.4, 0.5) is 14.5 Å². The maximum Gasteiger partial charge on any atom is 0.226 e. The number of hydrogen-bond donors (Lipinski definition) is 2. The number of amides is 1. The smallest absolute Gasteiger partial charge is 0.226 e. The summed E-state index contributed by atoms with van der Waals surface area (Å²) in [6, 6.07) is 1.61. The van der Waals surface area contributed by atoms with Gasteiger partial charge in [-0.2, -0.15) is 0 Å². The Hall–Kier alpha value is -1.73. The van der Waals surface area contributed by atoms with E-state index in [1.165, 1.54) is 7.11 Å². The van der Waals surface area contributed by atoms with E-state index >= 15 is 0 Å². The van der Waals surface area contributed by atoms with Crippen LogP contribution in [0.1, 0.15) is 6.42 Å². The standard InChI is InChI=1S/C13H16F2N2O3/c1-19-13-10(15)4-8(14)5-11(13)17-12(18)6-9-7-20-3-2-16-9/h4-5,9,16H,2-3,6-7H2,1H3,(H,17,18). The Kier molecular flexibility index (Phi) is 4.86. The van der Waals surface area contributed by atoms with Crippen molar-refractivity contribution in [3.05, 3.63) is 23.8 Å². The van der Waals surface area contributed by atoms with Gasteiger partial charge in [-0.3, -0.25) is 4.79 Å². The summed E-state index contributed by atoms with van der Waals surface area (Å²) in [7, 11) is 1.25. The lowest BCUT2D eigenvalue weighted by Crippen LogP contribution is -2.43. The molecular weight excluding hydrogens is 270 g/mol. The lowest BCUT2D eigenvalue weighted by molar-refractivity contribution is -0.117. The van der Waals surface area contributed by atoms with E-state index in [9.17, 15) is 13.6 Å². The molecule has 0 radical (unpaired) electrons. The maximum absolute atomic E-state index is 13.5. The van der Waals surface area contributed by atoms with E-state index in [4.69, 9.17) is 9.47 Å². The molecule has 110 valence electrons. The van der Waals surface area contributed by atoms with Crippen LogP contribution in [-0.2, 0) is 9.53 Å². The average molecular weight is 286 g/mol. The zero-order chi connectivity index (χ0) is 14.5. The largest absolute Gasteiger partial charge is 0.492 e. The Bertz CT molecular complexity index is 491. The van der Waals surface area contributed by atoms with Crippen LogP contribution in [0.3, 0.4) is 0 Å². The number of carbonyl (C=O) groups is 1. The van der Waals surface area contributed by atoms with Gasteiger partial charge in [-0.1, -0.05) is 0 Å². The second-order valence-electron chi connectivity index (χ2n) is 4.45. The highest BCUT2D eigenvalue weighted by molar-refractivity contribution is 5.92. The second kappa shape index (κ2) is 6.62. The van der Waals surface area contributed by atoms with Gasteiger partial charge in [-0.05, 0) is 0 Å². The van der Waals surface area contributed by atoms with E-state index in [0.29, 0.717) is 25.8 Å². The summed E-state index contributed by atoms with van der Waals surface area (Å²) >= 11 is 0. The summed E-state index contributed by atoms with van der Waals surface area (Å²) < 4.78 is 36.7. The molecule has 1 unspecified atom stereocenters. The molecular formula is C13H16F2N2O3. The lowest BCUT2D eigenvalue weighted by atomic mass is 10.2. The van der Waals surface area contributed by atoms with Crippen molar-refractivity contribution in [3.8, 4) is 5.75 Å². The topological polar surface area (TPSA) is 59.6 Å². The normalized spacial score (nSPS) is 18.6. The number of benzene rings is 1. The van der Waals surface area contributed by atoms with Crippen LogP contribution in [0.15, 0.2) is 12.1 Å². The Labute approximate surface area is 115 Å². The number of anilines is 1. The molecule has 0 aromatic heterocycles. The quantitative estimate of drug-likeness (QED) is 0.875. The fourth-order valence-electron chi connectivity index (χ4n) is 2.04. The van der Waals surface area contributed by atoms with Gasteiger partial charge in [-0.15, -0.1) is 0 Å². The summed E-state index contributed by atoms with van der Waals surface area (Å²) in [6.45, 7) is 1.72. The first-order valence-corrected chi connectivity index (χ1v) is 6.24. The van der Waals surface area contributed by atoms with Gasteiger partial charge < -0.3 is 20.1 Å². The zero-order valence-electron chi connectivity index (χ0n) is 11.0. The monoisotopic (exact) mass is 286 g/mol. The molecule has 0 aliphatic carbocycles. The Morgan fingerprint density at radius 3 is 3.00 bits per heavy atom. The van der Waals surface area contributed by atoms with E-state index in [2.05, 4.69) is 10.6 Å². The Morgan fingerprint density at radius 2 is 2.35 bits per heavy atom. The van der Waals surface area contributed by atoms with E-state index in [1.807, 2.05) is 0 Å². The average Bonchev–Trinajstić information content (AvgIpc) is 2.39. The number of halogens is 2. The van der Waals surface area contributed by atoms with Crippen LogP contribution >= 0.6 is 0 Å². The van der Waals surface area contributed by atoms with Crippen LogP contribution in [0, 0.1) is 11.6 Å². The van der Waals surface area contributed by atoms with Crippen molar-refractivity contribution in [2.24, 2.45) is 0 Å². The molecule has 20 heavy (non-hydrogen) atoms. The van der Waals surface area contributed by atoms with Crippen LogP contribution in [0.5, 0.6) is 5.75 Å². The first-order chi connectivity index (χ1) is 9.60. The van der Waals surface area contributed by atoms with E-state index in [1.54, 1.807) is 0 Å². The minimum absolute atomic E-state index is 0.0215. The first kappa shape index (κ1) is 14.7. The van der Waals surface area contributed by atoms with Crippen molar-refractivity contribution in [1.82, 2.24) is 5.32 Å². The van der Waals surface area contributed by atoms with Crippen LogP contribution < -0.4 is 15.4 Å². The van der Waals surface area contributed by atoms with Crippen LogP contribution in [0.2, 0.25) is 0 Å². The Morgan fingerprint density at radius 1 is 1.55 bits per heavy atom. The predicted octanol–water partition coefficient (Wildman–Crippen LogP) is 1.29. The minimum atomic E-state index is -0.859.